The predicted molar refractivity (Wildman–Crippen MR) is 105 cm³/mol. The Morgan fingerprint density at radius 3 is 2.79 bits per heavy atom. The van der Waals surface area contributed by atoms with Crippen molar-refractivity contribution >= 4 is 5.91 Å². The van der Waals surface area contributed by atoms with Gasteiger partial charge in [0.2, 0.25) is 17.6 Å². The van der Waals surface area contributed by atoms with E-state index in [1.54, 1.807) is 17.0 Å². The Bertz CT molecular complexity index is 1060. The number of likely N-dealkylation sites (tertiary alicyclic amines) is 1. The van der Waals surface area contributed by atoms with E-state index in [1.165, 1.54) is 13.2 Å². The molecule has 1 unspecified atom stereocenters. The largest absolute Gasteiger partial charge is 0.494 e. The number of carbonyl (C=O) groups excluding carboxylic acids is 1. The van der Waals surface area contributed by atoms with Crippen LogP contribution in [-0.2, 0) is 11.3 Å². The summed E-state index contributed by atoms with van der Waals surface area (Å²) < 4.78 is 24.5. The van der Waals surface area contributed by atoms with Gasteiger partial charge in [0.05, 0.1) is 7.11 Å². The molecule has 0 radical (unpaired) electrons. The van der Waals surface area contributed by atoms with Crippen LogP contribution >= 0.6 is 0 Å². The first kappa shape index (κ1) is 19.1. The average molecular weight is 395 g/mol. The van der Waals surface area contributed by atoms with E-state index in [1.807, 2.05) is 26.0 Å². The molecule has 0 spiro atoms. The second kappa shape index (κ2) is 7.66. The SMILES string of the molecule is COc1ccc(CN2C(=O)CCC2c2nc(-c3ccc(C)cc3C)no2)cc1F. The highest BCUT2D eigenvalue weighted by molar-refractivity contribution is 5.79. The zero-order valence-electron chi connectivity index (χ0n) is 16.6. The molecule has 0 saturated carbocycles. The number of amides is 1. The third-order valence-electron chi connectivity index (χ3n) is 5.25. The maximum absolute atomic E-state index is 14.0. The number of aromatic nitrogens is 2. The molecule has 7 heteroatoms. The van der Waals surface area contributed by atoms with E-state index in [2.05, 4.69) is 16.2 Å². The van der Waals surface area contributed by atoms with Gasteiger partial charge in [-0.2, -0.15) is 4.98 Å². The summed E-state index contributed by atoms with van der Waals surface area (Å²) in [7, 11) is 1.42. The quantitative estimate of drug-likeness (QED) is 0.642. The number of hydrogen-bond donors (Lipinski definition) is 0. The number of halogens is 1. The smallest absolute Gasteiger partial charge is 0.249 e. The van der Waals surface area contributed by atoms with Crippen LogP contribution in [0.3, 0.4) is 0 Å². The monoisotopic (exact) mass is 395 g/mol. The average Bonchev–Trinajstić information content (AvgIpc) is 3.29. The highest BCUT2D eigenvalue weighted by Gasteiger charge is 2.36. The zero-order valence-corrected chi connectivity index (χ0v) is 16.6. The fourth-order valence-corrected chi connectivity index (χ4v) is 3.74. The Kier molecular flexibility index (Phi) is 5.05. The Balaban J connectivity index is 1.58. The van der Waals surface area contributed by atoms with Crippen LogP contribution in [0.1, 0.15) is 41.5 Å². The van der Waals surface area contributed by atoms with Crippen LogP contribution in [0.5, 0.6) is 5.75 Å². The van der Waals surface area contributed by atoms with Gasteiger partial charge in [0.15, 0.2) is 11.6 Å². The summed E-state index contributed by atoms with van der Waals surface area (Å²) in [4.78, 5) is 18.7. The van der Waals surface area contributed by atoms with Crippen LogP contribution in [0.2, 0.25) is 0 Å². The van der Waals surface area contributed by atoms with Gasteiger partial charge in [-0.3, -0.25) is 4.79 Å². The van der Waals surface area contributed by atoms with Crippen LogP contribution in [0.15, 0.2) is 40.9 Å². The first-order valence-corrected chi connectivity index (χ1v) is 9.49. The second-order valence-electron chi connectivity index (χ2n) is 7.32. The second-order valence-corrected chi connectivity index (χ2v) is 7.32. The van der Waals surface area contributed by atoms with Crippen molar-refractivity contribution in [3.8, 4) is 17.1 Å². The minimum Gasteiger partial charge on any atom is -0.494 e. The fourth-order valence-electron chi connectivity index (χ4n) is 3.74. The molecule has 1 fully saturated rings. The summed E-state index contributed by atoms with van der Waals surface area (Å²) in [6.07, 6.45) is 0.983. The number of hydrogen-bond acceptors (Lipinski definition) is 5. The number of rotatable bonds is 5. The first-order chi connectivity index (χ1) is 14.0. The lowest BCUT2D eigenvalue weighted by Crippen LogP contribution is -2.27. The van der Waals surface area contributed by atoms with Crippen LogP contribution < -0.4 is 4.74 Å². The van der Waals surface area contributed by atoms with Crippen LogP contribution in [-0.4, -0.2) is 28.1 Å². The normalized spacial score (nSPS) is 16.5. The van der Waals surface area contributed by atoms with E-state index in [0.29, 0.717) is 30.1 Å². The number of methoxy groups -OCH3 is 1. The third kappa shape index (κ3) is 3.72. The van der Waals surface area contributed by atoms with Crippen LogP contribution in [0.4, 0.5) is 4.39 Å². The standard InChI is InChI=1S/C22H22FN3O3/c1-13-4-6-16(14(2)10-13)21-24-22(29-25-21)18-7-9-20(27)26(18)12-15-5-8-19(28-3)17(23)11-15/h4-6,8,10-11,18H,7,9,12H2,1-3H3. The number of benzene rings is 2. The van der Waals surface area contributed by atoms with Gasteiger partial charge in [0.1, 0.15) is 6.04 Å². The lowest BCUT2D eigenvalue weighted by Gasteiger charge is -2.22. The molecule has 6 nitrogen and oxygen atoms in total. The number of carbonyl (C=O) groups is 1. The van der Waals surface area contributed by atoms with E-state index >= 15 is 0 Å². The van der Waals surface area contributed by atoms with Crippen molar-refractivity contribution in [2.24, 2.45) is 0 Å². The summed E-state index contributed by atoms with van der Waals surface area (Å²) in [6.45, 7) is 4.30. The maximum atomic E-state index is 14.0. The molecule has 0 aliphatic carbocycles. The van der Waals surface area contributed by atoms with Crippen molar-refractivity contribution in [1.82, 2.24) is 15.0 Å². The van der Waals surface area contributed by atoms with Gasteiger partial charge in [0, 0.05) is 18.5 Å². The van der Waals surface area contributed by atoms with Gasteiger partial charge in [-0.15, -0.1) is 0 Å². The Morgan fingerprint density at radius 1 is 1.24 bits per heavy atom. The van der Waals surface area contributed by atoms with Crippen molar-refractivity contribution < 1.29 is 18.4 Å². The Morgan fingerprint density at radius 2 is 2.07 bits per heavy atom. The molecule has 150 valence electrons. The Hall–Kier alpha value is -3.22. The molecule has 29 heavy (non-hydrogen) atoms. The number of aryl methyl sites for hydroxylation is 2. The molecular formula is C22H22FN3O3. The molecule has 0 bridgehead atoms. The summed E-state index contributed by atoms with van der Waals surface area (Å²) >= 11 is 0. The van der Waals surface area contributed by atoms with Gasteiger partial charge in [-0.1, -0.05) is 35.0 Å². The molecule has 0 N–H and O–H groups in total. The summed E-state index contributed by atoms with van der Waals surface area (Å²) in [5.74, 6) is 0.612. The Labute approximate surface area is 168 Å². The predicted octanol–water partition coefficient (Wildman–Crippen LogP) is 4.36. The van der Waals surface area contributed by atoms with Gasteiger partial charge in [-0.25, -0.2) is 4.39 Å². The zero-order chi connectivity index (χ0) is 20.5. The van der Waals surface area contributed by atoms with E-state index in [4.69, 9.17) is 9.26 Å². The molecule has 1 atom stereocenters. The highest BCUT2D eigenvalue weighted by Crippen LogP contribution is 2.35. The van der Waals surface area contributed by atoms with E-state index < -0.39 is 5.82 Å². The molecule has 1 aromatic heterocycles. The lowest BCUT2D eigenvalue weighted by molar-refractivity contribution is -0.130. The molecule has 3 aromatic rings. The molecule has 1 aliphatic heterocycles. The number of ether oxygens (including phenoxy) is 1. The molecule has 4 rings (SSSR count). The van der Waals surface area contributed by atoms with E-state index in [0.717, 1.165) is 16.7 Å². The topological polar surface area (TPSA) is 68.5 Å². The van der Waals surface area contributed by atoms with Crippen molar-refractivity contribution in [2.45, 2.75) is 39.3 Å². The highest BCUT2D eigenvalue weighted by atomic mass is 19.1. The number of nitrogens with zero attached hydrogens (tertiary/aromatic N) is 3. The van der Waals surface area contributed by atoms with E-state index in [9.17, 15) is 9.18 Å². The van der Waals surface area contributed by atoms with Crippen molar-refractivity contribution in [3.05, 3.63) is 64.8 Å². The fraction of sp³-hybridized carbons (Fsp3) is 0.318. The van der Waals surface area contributed by atoms with Crippen LogP contribution in [0.25, 0.3) is 11.4 Å². The van der Waals surface area contributed by atoms with Gasteiger partial charge in [-0.05, 0) is 43.5 Å². The summed E-state index contributed by atoms with van der Waals surface area (Å²) in [5.41, 5.74) is 3.80. The molecule has 1 amide bonds. The van der Waals surface area contributed by atoms with Crippen molar-refractivity contribution in [2.75, 3.05) is 7.11 Å². The van der Waals surface area contributed by atoms with Gasteiger partial charge in [0.25, 0.3) is 0 Å². The third-order valence-corrected chi connectivity index (χ3v) is 5.25. The van der Waals surface area contributed by atoms with Crippen molar-refractivity contribution in [1.29, 1.82) is 0 Å². The summed E-state index contributed by atoms with van der Waals surface area (Å²) in [5, 5.41) is 4.12. The maximum Gasteiger partial charge on any atom is 0.249 e. The molecule has 1 aliphatic rings. The van der Waals surface area contributed by atoms with Crippen molar-refractivity contribution in [3.63, 3.8) is 0 Å². The molecule has 2 heterocycles. The minimum atomic E-state index is -0.455. The molecule has 1 saturated heterocycles. The summed E-state index contributed by atoms with van der Waals surface area (Å²) in [6, 6.07) is 10.4. The van der Waals surface area contributed by atoms with Crippen LogP contribution in [0, 0.1) is 19.7 Å². The van der Waals surface area contributed by atoms with Gasteiger partial charge < -0.3 is 14.2 Å². The molecular weight excluding hydrogens is 373 g/mol. The van der Waals surface area contributed by atoms with E-state index in [-0.39, 0.29) is 24.2 Å². The minimum absolute atomic E-state index is 0.0162. The molecule has 2 aromatic carbocycles. The lowest BCUT2D eigenvalue weighted by atomic mass is 10.1. The first-order valence-electron chi connectivity index (χ1n) is 9.49. The van der Waals surface area contributed by atoms with Gasteiger partial charge >= 0.3 is 0 Å².